The van der Waals surface area contributed by atoms with Gasteiger partial charge in [0.15, 0.2) is 0 Å². The van der Waals surface area contributed by atoms with Gasteiger partial charge in [-0.1, -0.05) is 32.0 Å². The van der Waals surface area contributed by atoms with Crippen molar-refractivity contribution < 1.29 is 4.42 Å². The van der Waals surface area contributed by atoms with E-state index in [-0.39, 0.29) is 5.63 Å². The average Bonchev–Trinajstić information content (AvgIpc) is 2.44. The van der Waals surface area contributed by atoms with Crippen molar-refractivity contribution in [3.63, 3.8) is 0 Å². The molecule has 0 fully saturated rings. The smallest absolute Gasteiger partial charge is 0.340 e. The lowest BCUT2D eigenvalue weighted by molar-refractivity contribution is 0.358. The first kappa shape index (κ1) is 14.2. The van der Waals surface area contributed by atoms with Crippen LogP contribution in [0.1, 0.15) is 19.4 Å². The SMILES string of the molecule is CCN(CC)CSCc1cc2ccccc2oc1=O. The summed E-state index contributed by atoms with van der Waals surface area (Å²) in [6, 6.07) is 9.56. The molecular weight excluding hydrogens is 258 g/mol. The summed E-state index contributed by atoms with van der Waals surface area (Å²) in [4.78, 5) is 14.2. The zero-order valence-corrected chi connectivity index (χ0v) is 12.2. The van der Waals surface area contributed by atoms with Gasteiger partial charge in [-0.3, -0.25) is 4.90 Å². The predicted molar refractivity (Wildman–Crippen MR) is 81.6 cm³/mol. The topological polar surface area (TPSA) is 33.5 Å². The summed E-state index contributed by atoms with van der Waals surface area (Å²) in [5, 5.41) is 0.987. The van der Waals surface area contributed by atoms with Gasteiger partial charge in [-0.2, -0.15) is 0 Å². The third kappa shape index (κ3) is 3.61. The van der Waals surface area contributed by atoms with Crippen molar-refractivity contribution in [2.75, 3.05) is 19.0 Å². The van der Waals surface area contributed by atoms with Crippen LogP contribution in [-0.2, 0) is 5.75 Å². The Morgan fingerprint density at radius 1 is 1.21 bits per heavy atom. The first-order valence-corrected chi connectivity index (χ1v) is 7.72. The highest BCUT2D eigenvalue weighted by Crippen LogP contribution is 2.16. The number of thioether (sulfide) groups is 1. The second kappa shape index (κ2) is 6.78. The maximum absolute atomic E-state index is 11.9. The maximum atomic E-state index is 11.9. The zero-order chi connectivity index (χ0) is 13.7. The van der Waals surface area contributed by atoms with Crippen LogP contribution in [0.3, 0.4) is 0 Å². The van der Waals surface area contributed by atoms with E-state index < -0.39 is 0 Å². The van der Waals surface area contributed by atoms with Crippen LogP contribution in [0.15, 0.2) is 39.5 Å². The Kier molecular flexibility index (Phi) is 5.05. The van der Waals surface area contributed by atoms with Crippen LogP contribution in [-0.4, -0.2) is 23.9 Å². The molecule has 0 atom stereocenters. The number of nitrogens with zero attached hydrogens (tertiary/aromatic N) is 1. The fraction of sp³-hybridized carbons (Fsp3) is 0.400. The number of para-hydroxylation sites is 1. The summed E-state index contributed by atoms with van der Waals surface area (Å²) in [7, 11) is 0. The van der Waals surface area contributed by atoms with E-state index in [1.165, 1.54) is 0 Å². The van der Waals surface area contributed by atoms with Crippen molar-refractivity contribution in [3.05, 3.63) is 46.3 Å². The first-order chi connectivity index (χ1) is 9.24. The molecule has 0 aliphatic heterocycles. The van der Waals surface area contributed by atoms with Crippen LogP contribution >= 0.6 is 11.8 Å². The van der Waals surface area contributed by atoms with E-state index in [2.05, 4.69) is 18.7 Å². The van der Waals surface area contributed by atoms with Gasteiger partial charge in [0.1, 0.15) is 5.58 Å². The van der Waals surface area contributed by atoms with Gasteiger partial charge >= 0.3 is 5.63 Å². The lowest BCUT2D eigenvalue weighted by atomic mass is 10.2. The van der Waals surface area contributed by atoms with Gasteiger partial charge in [0.25, 0.3) is 0 Å². The van der Waals surface area contributed by atoms with Gasteiger partial charge in [0, 0.05) is 22.6 Å². The molecule has 102 valence electrons. The molecule has 0 N–H and O–H groups in total. The molecule has 0 aliphatic carbocycles. The van der Waals surface area contributed by atoms with Gasteiger partial charge in [0.2, 0.25) is 0 Å². The Bertz CT molecular complexity index is 590. The maximum Gasteiger partial charge on any atom is 0.340 e. The molecule has 19 heavy (non-hydrogen) atoms. The normalized spacial score (nSPS) is 11.3. The molecule has 1 heterocycles. The molecule has 0 saturated heterocycles. The number of hydrogen-bond acceptors (Lipinski definition) is 4. The highest BCUT2D eigenvalue weighted by atomic mass is 32.2. The predicted octanol–water partition coefficient (Wildman–Crippen LogP) is 3.33. The summed E-state index contributed by atoms with van der Waals surface area (Å²) >= 11 is 1.75. The van der Waals surface area contributed by atoms with Crippen molar-refractivity contribution in [1.29, 1.82) is 0 Å². The van der Waals surface area contributed by atoms with Crippen LogP contribution in [0.5, 0.6) is 0 Å². The van der Waals surface area contributed by atoms with Crippen molar-refractivity contribution >= 4 is 22.7 Å². The molecule has 0 aliphatic rings. The minimum Gasteiger partial charge on any atom is -0.423 e. The Morgan fingerprint density at radius 2 is 1.95 bits per heavy atom. The van der Waals surface area contributed by atoms with Gasteiger partial charge in [-0.15, -0.1) is 11.8 Å². The minimum absolute atomic E-state index is 0.217. The monoisotopic (exact) mass is 277 g/mol. The second-order valence-corrected chi connectivity index (χ2v) is 5.33. The van der Waals surface area contributed by atoms with Crippen LogP contribution in [0, 0.1) is 0 Å². The fourth-order valence-corrected chi connectivity index (χ4v) is 3.03. The lowest BCUT2D eigenvalue weighted by Crippen LogP contribution is -2.22. The third-order valence-corrected chi connectivity index (χ3v) is 4.20. The number of benzene rings is 1. The molecule has 0 saturated carbocycles. The fourth-order valence-electron chi connectivity index (χ4n) is 1.90. The van der Waals surface area contributed by atoms with Crippen molar-refractivity contribution in [3.8, 4) is 0 Å². The molecule has 0 unspecified atom stereocenters. The molecule has 1 aromatic carbocycles. The van der Waals surface area contributed by atoms with E-state index in [1.807, 2.05) is 30.3 Å². The molecule has 3 nitrogen and oxygen atoms in total. The van der Waals surface area contributed by atoms with Crippen LogP contribution in [0.25, 0.3) is 11.0 Å². The van der Waals surface area contributed by atoms with E-state index in [1.54, 1.807) is 11.8 Å². The highest BCUT2D eigenvalue weighted by molar-refractivity contribution is 7.98. The summed E-state index contributed by atoms with van der Waals surface area (Å²) < 4.78 is 5.32. The van der Waals surface area contributed by atoms with Gasteiger partial charge < -0.3 is 4.42 Å². The average molecular weight is 277 g/mol. The first-order valence-electron chi connectivity index (χ1n) is 6.56. The van der Waals surface area contributed by atoms with E-state index in [9.17, 15) is 4.79 Å². The molecule has 0 spiro atoms. The third-order valence-electron chi connectivity index (χ3n) is 3.14. The Balaban J connectivity index is 2.08. The Morgan fingerprint density at radius 3 is 2.68 bits per heavy atom. The Hall–Kier alpha value is -1.26. The van der Waals surface area contributed by atoms with E-state index in [0.29, 0.717) is 11.3 Å². The summed E-state index contributed by atoms with van der Waals surface area (Å²) in [5.41, 5.74) is 1.19. The van der Waals surface area contributed by atoms with E-state index >= 15 is 0 Å². The molecule has 2 rings (SSSR count). The molecule has 1 aromatic heterocycles. The number of rotatable bonds is 6. The van der Waals surface area contributed by atoms with Gasteiger partial charge in [-0.05, 0) is 25.2 Å². The standard InChI is InChI=1S/C15H19NO2S/c1-3-16(4-2)11-19-10-13-9-12-7-5-6-8-14(12)18-15(13)17/h5-9H,3-4,10-11H2,1-2H3. The number of fused-ring (bicyclic) bond motifs is 1. The van der Waals surface area contributed by atoms with Gasteiger partial charge in [0.05, 0.1) is 0 Å². The molecular formula is C15H19NO2S. The summed E-state index contributed by atoms with van der Waals surface area (Å²) in [6.45, 7) is 6.37. The quantitative estimate of drug-likeness (QED) is 0.599. The van der Waals surface area contributed by atoms with Crippen LogP contribution < -0.4 is 5.63 Å². The molecule has 2 aromatic rings. The molecule has 4 heteroatoms. The molecule has 0 radical (unpaired) electrons. The summed E-state index contributed by atoms with van der Waals surface area (Å²) in [5.74, 6) is 1.64. The van der Waals surface area contributed by atoms with Crippen molar-refractivity contribution in [1.82, 2.24) is 4.90 Å². The van der Waals surface area contributed by atoms with Crippen molar-refractivity contribution in [2.45, 2.75) is 19.6 Å². The van der Waals surface area contributed by atoms with Crippen LogP contribution in [0.4, 0.5) is 0 Å². The van der Waals surface area contributed by atoms with Crippen molar-refractivity contribution in [2.24, 2.45) is 0 Å². The zero-order valence-electron chi connectivity index (χ0n) is 11.4. The summed E-state index contributed by atoms with van der Waals surface area (Å²) in [6.07, 6.45) is 0. The lowest BCUT2D eigenvalue weighted by Gasteiger charge is -2.16. The Labute approximate surface area is 117 Å². The number of hydrogen-bond donors (Lipinski definition) is 0. The van der Waals surface area contributed by atoms with E-state index in [4.69, 9.17) is 4.42 Å². The second-order valence-electron chi connectivity index (χ2n) is 4.38. The largest absolute Gasteiger partial charge is 0.423 e. The van der Waals surface area contributed by atoms with Crippen LogP contribution in [0.2, 0.25) is 0 Å². The van der Waals surface area contributed by atoms with Gasteiger partial charge in [-0.25, -0.2) is 4.79 Å². The molecule has 0 amide bonds. The van der Waals surface area contributed by atoms with E-state index in [0.717, 1.165) is 29.9 Å². The minimum atomic E-state index is -0.217. The highest BCUT2D eigenvalue weighted by Gasteiger charge is 2.06. The molecule has 0 bridgehead atoms.